The predicted molar refractivity (Wildman–Crippen MR) is 105 cm³/mol. The van der Waals surface area contributed by atoms with Crippen molar-refractivity contribution >= 4 is 44.6 Å². The molecule has 0 saturated carbocycles. The molecular weight excluding hydrogens is 394 g/mol. The third kappa shape index (κ3) is 3.02. The highest BCUT2D eigenvalue weighted by Crippen LogP contribution is 2.28. The molecule has 0 N–H and O–H groups in total. The summed E-state index contributed by atoms with van der Waals surface area (Å²) < 4.78 is 11.7. The Morgan fingerprint density at radius 2 is 1.88 bits per heavy atom. The number of hydrogen-bond acceptors (Lipinski definition) is 4. The van der Waals surface area contributed by atoms with Crippen LogP contribution in [0.15, 0.2) is 75.8 Å². The maximum Gasteiger partial charge on any atom is 0.363 e. The van der Waals surface area contributed by atoms with Crippen molar-refractivity contribution in [2.24, 2.45) is 4.99 Å². The van der Waals surface area contributed by atoms with Crippen LogP contribution in [0.4, 0.5) is 0 Å². The van der Waals surface area contributed by atoms with Crippen LogP contribution in [0, 0.1) is 0 Å². The molecule has 0 radical (unpaired) electrons. The van der Waals surface area contributed by atoms with E-state index >= 15 is 0 Å². The summed E-state index contributed by atoms with van der Waals surface area (Å²) in [5, 5.41) is 2.05. The molecule has 0 aromatic heterocycles. The Bertz CT molecular complexity index is 1080. The Balaban J connectivity index is 1.80. The molecule has 0 spiro atoms. The van der Waals surface area contributed by atoms with E-state index in [4.69, 9.17) is 9.47 Å². The van der Waals surface area contributed by atoms with Gasteiger partial charge < -0.3 is 9.47 Å². The first-order valence-corrected chi connectivity index (χ1v) is 8.79. The van der Waals surface area contributed by atoms with Crippen LogP contribution < -0.4 is 4.74 Å². The zero-order valence-electron chi connectivity index (χ0n) is 13.9. The number of cyclic esters (lactones) is 1. The van der Waals surface area contributed by atoms with Crippen molar-refractivity contribution in [1.29, 1.82) is 0 Å². The van der Waals surface area contributed by atoms with Crippen molar-refractivity contribution in [2.45, 2.75) is 0 Å². The van der Waals surface area contributed by atoms with Crippen molar-refractivity contribution in [3.8, 4) is 5.75 Å². The molecule has 1 heterocycles. The van der Waals surface area contributed by atoms with E-state index in [0.717, 1.165) is 26.4 Å². The first-order valence-electron chi connectivity index (χ1n) is 8.00. The molecule has 0 fully saturated rings. The standard InChI is InChI=1S/C21H14BrNO3/c1-25-19-10-9-15(22)11-14(19)12-18-21(24)26-20(23-18)17-8-4-6-13-5-2-3-7-16(13)17/h2-12H,1H3/b18-12+. The number of aliphatic imine (C=N–C) groups is 1. The number of carbonyl (C=O) groups is 1. The maximum absolute atomic E-state index is 12.3. The SMILES string of the molecule is COc1ccc(Br)cc1/C=C1/N=C(c2cccc3ccccc23)OC1=O. The van der Waals surface area contributed by atoms with Gasteiger partial charge in [0.25, 0.3) is 0 Å². The van der Waals surface area contributed by atoms with E-state index < -0.39 is 5.97 Å². The van der Waals surface area contributed by atoms with Crippen LogP contribution in [-0.4, -0.2) is 19.0 Å². The molecular formula is C21H14BrNO3. The van der Waals surface area contributed by atoms with Crippen molar-refractivity contribution in [3.05, 3.63) is 82.0 Å². The molecule has 0 bridgehead atoms. The number of rotatable bonds is 3. The summed E-state index contributed by atoms with van der Waals surface area (Å²) in [5.41, 5.74) is 1.78. The first-order chi connectivity index (χ1) is 12.7. The predicted octanol–water partition coefficient (Wildman–Crippen LogP) is 4.96. The topological polar surface area (TPSA) is 47.9 Å². The van der Waals surface area contributed by atoms with Crippen LogP contribution in [0.5, 0.6) is 5.75 Å². The van der Waals surface area contributed by atoms with Crippen molar-refractivity contribution in [1.82, 2.24) is 0 Å². The summed E-state index contributed by atoms with van der Waals surface area (Å²) in [4.78, 5) is 16.8. The Labute approximate surface area is 158 Å². The summed E-state index contributed by atoms with van der Waals surface area (Å²) in [7, 11) is 1.59. The van der Waals surface area contributed by atoms with Crippen molar-refractivity contribution in [3.63, 3.8) is 0 Å². The summed E-state index contributed by atoms with van der Waals surface area (Å²) in [6, 6.07) is 19.3. The highest BCUT2D eigenvalue weighted by Gasteiger charge is 2.25. The minimum absolute atomic E-state index is 0.240. The minimum atomic E-state index is -0.477. The molecule has 1 aliphatic heterocycles. The second-order valence-electron chi connectivity index (χ2n) is 5.75. The van der Waals surface area contributed by atoms with Gasteiger partial charge in [0.15, 0.2) is 5.70 Å². The van der Waals surface area contributed by atoms with E-state index in [1.165, 1.54) is 0 Å². The number of fused-ring (bicyclic) bond motifs is 1. The third-order valence-electron chi connectivity index (χ3n) is 4.12. The fourth-order valence-corrected chi connectivity index (χ4v) is 3.28. The molecule has 0 atom stereocenters. The number of methoxy groups -OCH3 is 1. The van der Waals surface area contributed by atoms with Crippen LogP contribution in [0.2, 0.25) is 0 Å². The van der Waals surface area contributed by atoms with E-state index in [0.29, 0.717) is 11.6 Å². The van der Waals surface area contributed by atoms with Gasteiger partial charge in [-0.25, -0.2) is 9.79 Å². The molecule has 1 aliphatic rings. The highest BCUT2D eigenvalue weighted by atomic mass is 79.9. The molecule has 0 amide bonds. The number of halogens is 1. The normalized spacial score (nSPS) is 15.2. The maximum atomic E-state index is 12.3. The van der Waals surface area contributed by atoms with E-state index in [1.54, 1.807) is 13.2 Å². The number of hydrogen-bond donors (Lipinski definition) is 0. The average Bonchev–Trinajstić information content (AvgIpc) is 3.02. The molecule has 3 aromatic rings. The second kappa shape index (κ2) is 6.77. The zero-order valence-corrected chi connectivity index (χ0v) is 15.5. The molecule has 4 nitrogen and oxygen atoms in total. The van der Waals surface area contributed by atoms with Gasteiger partial charge in [0, 0.05) is 15.6 Å². The lowest BCUT2D eigenvalue weighted by atomic mass is 10.0. The number of esters is 1. The smallest absolute Gasteiger partial charge is 0.363 e. The average molecular weight is 408 g/mol. The second-order valence-corrected chi connectivity index (χ2v) is 6.66. The summed E-state index contributed by atoms with van der Waals surface area (Å²) >= 11 is 3.43. The Kier molecular flexibility index (Phi) is 4.31. The molecule has 0 unspecified atom stereocenters. The number of carbonyl (C=O) groups excluding carboxylic acids is 1. The van der Waals surface area contributed by atoms with Crippen LogP contribution >= 0.6 is 15.9 Å². The van der Waals surface area contributed by atoms with Gasteiger partial charge in [0.2, 0.25) is 5.90 Å². The van der Waals surface area contributed by atoms with Gasteiger partial charge in [0.05, 0.1) is 7.11 Å². The zero-order chi connectivity index (χ0) is 18.1. The summed E-state index contributed by atoms with van der Waals surface area (Å²) in [6.07, 6.45) is 1.67. The van der Waals surface area contributed by atoms with Gasteiger partial charge in [-0.3, -0.25) is 0 Å². The van der Waals surface area contributed by atoms with Crippen molar-refractivity contribution < 1.29 is 14.3 Å². The molecule has 26 heavy (non-hydrogen) atoms. The van der Waals surface area contributed by atoms with Gasteiger partial charge in [0.1, 0.15) is 5.75 Å². The first kappa shape index (κ1) is 16.5. The van der Waals surface area contributed by atoms with Crippen LogP contribution in [0.25, 0.3) is 16.8 Å². The summed E-state index contributed by atoms with van der Waals surface area (Å²) in [6.45, 7) is 0. The van der Waals surface area contributed by atoms with E-state index in [2.05, 4.69) is 20.9 Å². The Morgan fingerprint density at radius 1 is 1.08 bits per heavy atom. The lowest BCUT2D eigenvalue weighted by Gasteiger charge is -2.04. The summed E-state index contributed by atoms with van der Waals surface area (Å²) in [5.74, 6) is 0.490. The van der Waals surface area contributed by atoms with E-state index in [9.17, 15) is 4.79 Å². The Morgan fingerprint density at radius 3 is 2.73 bits per heavy atom. The molecule has 5 heteroatoms. The van der Waals surface area contributed by atoms with Gasteiger partial charge in [-0.2, -0.15) is 0 Å². The van der Waals surface area contributed by atoms with Crippen LogP contribution in [-0.2, 0) is 9.53 Å². The number of nitrogens with zero attached hydrogens (tertiary/aromatic N) is 1. The largest absolute Gasteiger partial charge is 0.496 e. The quantitative estimate of drug-likeness (QED) is 0.455. The number of benzene rings is 3. The highest BCUT2D eigenvalue weighted by molar-refractivity contribution is 9.10. The van der Waals surface area contributed by atoms with Gasteiger partial charge in [-0.05, 0) is 41.1 Å². The molecule has 3 aromatic carbocycles. The van der Waals surface area contributed by atoms with Crippen LogP contribution in [0.3, 0.4) is 0 Å². The molecule has 4 rings (SSSR count). The van der Waals surface area contributed by atoms with Gasteiger partial charge in [-0.15, -0.1) is 0 Å². The lowest BCUT2D eigenvalue weighted by molar-refractivity contribution is -0.129. The molecule has 128 valence electrons. The minimum Gasteiger partial charge on any atom is -0.496 e. The number of ether oxygens (including phenoxy) is 2. The van der Waals surface area contributed by atoms with Crippen molar-refractivity contribution in [2.75, 3.05) is 7.11 Å². The van der Waals surface area contributed by atoms with Gasteiger partial charge >= 0.3 is 5.97 Å². The fraction of sp³-hybridized carbons (Fsp3) is 0.0476. The molecule has 0 aliphatic carbocycles. The van der Waals surface area contributed by atoms with Gasteiger partial charge in [-0.1, -0.05) is 52.3 Å². The lowest BCUT2D eigenvalue weighted by Crippen LogP contribution is -2.05. The van der Waals surface area contributed by atoms with Crippen LogP contribution in [0.1, 0.15) is 11.1 Å². The van der Waals surface area contributed by atoms with E-state index in [-0.39, 0.29) is 5.70 Å². The van der Waals surface area contributed by atoms with E-state index in [1.807, 2.05) is 60.7 Å². The molecule has 0 saturated heterocycles. The fourth-order valence-electron chi connectivity index (χ4n) is 2.90. The Hall–Kier alpha value is -2.92. The third-order valence-corrected chi connectivity index (χ3v) is 4.62. The monoisotopic (exact) mass is 407 g/mol.